The Morgan fingerprint density at radius 2 is 2.06 bits per heavy atom. The van der Waals surface area contributed by atoms with Gasteiger partial charge in [-0.15, -0.1) is 0 Å². The van der Waals surface area contributed by atoms with E-state index in [0.29, 0.717) is 0 Å². The first-order chi connectivity index (χ1) is 8.26. The van der Waals surface area contributed by atoms with Crippen molar-refractivity contribution in [3.05, 3.63) is 42.1 Å². The number of hydrogen-bond donors (Lipinski definition) is 1. The fourth-order valence-corrected chi connectivity index (χ4v) is 2.07. The van der Waals surface area contributed by atoms with Gasteiger partial charge in [0, 0.05) is 18.7 Å². The molecule has 0 aliphatic rings. The number of fused-ring (bicyclic) bond motifs is 1. The van der Waals surface area contributed by atoms with E-state index in [1.165, 1.54) is 0 Å². The third kappa shape index (κ3) is 2.46. The Morgan fingerprint density at radius 3 is 2.76 bits per heavy atom. The Kier molecular flexibility index (Phi) is 3.71. The third-order valence-corrected chi connectivity index (χ3v) is 3.12. The molecule has 2 rings (SSSR count). The van der Waals surface area contributed by atoms with Crippen LogP contribution in [0.3, 0.4) is 0 Å². The van der Waals surface area contributed by atoms with Crippen molar-refractivity contribution in [3.8, 4) is 0 Å². The van der Waals surface area contributed by atoms with E-state index < -0.39 is 0 Å². The second-order valence-corrected chi connectivity index (χ2v) is 4.17. The number of aromatic nitrogens is 1. The van der Waals surface area contributed by atoms with Crippen molar-refractivity contribution < 1.29 is 4.74 Å². The summed E-state index contributed by atoms with van der Waals surface area (Å²) in [7, 11) is 3.67. The van der Waals surface area contributed by atoms with Crippen LogP contribution in [0.4, 0.5) is 0 Å². The Morgan fingerprint density at radius 1 is 1.29 bits per heavy atom. The largest absolute Gasteiger partial charge is 0.380 e. The van der Waals surface area contributed by atoms with Crippen molar-refractivity contribution in [1.29, 1.82) is 0 Å². The number of pyridine rings is 1. The van der Waals surface area contributed by atoms with Crippen molar-refractivity contribution >= 4 is 10.9 Å². The van der Waals surface area contributed by atoms with E-state index in [1.54, 1.807) is 7.11 Å². The molecule has 0 amide bonds. The lowest BCUT2D eigenvalue weighted by molar-refractivity contribution is 0.0856. The number of para-hydroxylation sites is 1. The van der Waals surface area contributed by atoms with Crippen LogP contribution in [0.5, 0.6) is 0 Å². The van der Waals surface area contributed by atoms with E-state index in [9.17, 15) is 0 Å². The first kappa shape index (κ1) is 12.0. The van der Waals surface area contributed by atoms with Gasteiger partial charge in [-0.3, -0.25) is 4.98 Å². The van der Waals surface area contributed by atoms with E-state index in [2.05, 4.69) is 29.4 Å². The molecule has 0 fully saturated rings. The summed E-state index contributed by atoms with van der Waals surface area (Å²) < 4.78 is 5.38. The van der Waals surface area contributed by atoms with Gasteiger partial charge in [-0.1, -0.05) is 18.2 Å². The lowest BCUT2D eigenvalue weighted by Gasteiger charge is -2.22. The second-order valence-electron chi connectivity index (χ2n) is 4.17. The summed E-state index contributed by atoms with van der Waals surface area (Å²) in [6.45, 7) is 2.05. The molecule has 0 saturated carbocycles. The summed E-state index contributed by atoms with van der Waals surface area (Å²) in [6, 6.07) is 10.5. The molecule has 2 unspecified atom stereocenters. The molecule has 17 heavy (non-hydrogen) atoms. The predicted molar refractivity (Wildman–Crippen MR) is 70.0 cm³/mol. The molecule has 1 aromatic heterocycles. The van der Waals surface area contributed by atoms with E-state index >= 15 is 0 Å². The molecule has 3 heteroatoms. The molecule has 0 aliphatic carbocycles. The topological polar surface area (TPSA) is 34.2 Å². The molecule has 3 nitrogen and oxygen atoms in total. The fraction of sp³-hybridized carbons (Fsp3) is 0.357. The predicted octanol–water partition coefficient (Wildman–Crippen LogP) is 2.53. The number of nitrogens with zero attached hydrogens (tertiary/aromatic N) is 1. The summed E-state index contributed by atoms with van der Waals surface area (Å²) >= 11 is 0. The number of methoxy groups -OCH3 is 1. The zero-order valence-electron chi connectivity index (χ0n) is 10.5. The molecular weight excluding hydrogens is 212 g/mol. The Bertz CT molecular complexity index is 498. The second kappa shape index (κ2) is 5.25. The summed E-state index contributed by atoms with van der Waals surface area (Å²) in [6.07, 6.45) is 2.03. The Labute approximate surface area is 102 Å². The third-order valence-electron chi connectivity index (χ3n) is 3.12. The molecule has 1 aromatic carbocycles. The minimum absolute atomic E-state index is 0.114. The van der Waals surface area contributed by atoms with Gasteiger partial charge in [0.25, 0.3) is 0 Å². The number of benzene rings is 1. The van der Waals surface area contributed by atoms with Gasteiger partial charge >= 0.3 is 0 Å². The van der Waals surface area contributed by atoms with Gasteiger partial charge in [-0.25, -0.2) is 0 Å². The number of hydrogen-bond acceptors (Lipinski definition) is 3. The van der Waals surface area contributed by atoms with Crippen LogP contribution in [0.2, 0.25) is 0 Å². The molecule has 1 N–H and O–H groups in total. The van der Waals surface area contributed by atoms with Crippen molar-refractivity contribution in [3.63, 3.8) is 0 Å². The molecule has 0 saturated heterocycles. The van der Waals surface area contributed by atoms with Gasteiger partial charge in [-0.2, -0.15) is 0 Å². The summed E-state index contributed by atoms with van der Waals surface area (Å²) in [5.41, 5.74) is 2.18. The van der Waals surface area contributed by atoms with Crippen LogP contribution >= 0.6 is 0 Å². The van der Waals surface area contributed by atoms with Crippen LogP contribution < -0.4 is 5.32 Å². The zero-order valence-corrected chi connectivity index (χ0v) is 10.5. The summed E-state index contributed by atoms with van der Waals surface area (Å²) in [5.74, 6) is 0. The minimum atomic E-state index is 0.114. The molecule has 0 radical (unpaired) electrons. The van der Waals surface area contributed by atoms with Gasteiger partial charge < -0.3 is 10.1 Å². The van der Waals surface area contributed by atoms with E-state index in [-0.39, 0.29) is 12.1 Å². The van der Waals surface area contributed by atoms with E-state index in [1.807, 2.05) is 31.4 Å². The average Bonchev–Trinajstić information content (AvgIpc) is 2.39. The molecule has 90 valence electrons. The number of likely N-dealkylation sites (N-methyl/N-ethyl adjacent to an activating group) is 1. The highest BCUT2D eigenvalue weighted by atomic mass is 16.5. The fourth-order valence-electron chi connectivity index (χ4n) is 2.07. The van der Waals surface area contributed by atoms with Crippen molar-refractivity contribution in [2.45, 2.75) is 19.1 Å². The quantitative estimate of drug-likeness (QED) is 0.876. The number of rotatable bonds is 4. The van der Waals surface area contributed by atoms with Gasteiger partial charge in [-0.05, 0) is 31.7 Å². The standard InChI is InChI=1S/C14H18N2O/c1-10(17-3)14(15-2)12-8-11-6-4-5-7-13(11)16-9-12/h4-10,14-15H,1-3H3. The first-order valence-electron chi connectivity index (χ1n) is 5.81. The zero-order chi connectivity index (χ0) is 12.3. The number of nitrogens with one attached hydrogen (secondary N) is 1. The van der Waals surface area contributed by atoms with Gasteiger partial charge in [0.15, 0.2) is 0 Å². The van der Waals surface area contributed by atoms with Crippen LogP contribution in [0.1, 0.15) is 18.5 Å². The Hall–Kier alpha value is -1.45. The smallest absolute Gasteiger partial charge is 0.0738 e. The molecule has 1 heterocycles. The van der Waals surface area contributed by atoms with Crippen molar-refractivity contribution in [2.24, 2.45) is 0 Å². The molecule has 2 aromatic rings. The highest BCUT2D eigenvalue weighted by Crippen LogP contribution is 2.21. The van der Waals surface area contributed by atoms with Crippen molar-refractivity contribution in [2.75, 3.05) is 14.2 Å². The summed E-state index contributed by atoms with van der Waals surface area (Å²) in [5, 5.41) is 4.43. The maximum absolute atomic E-state index is 5.38. The molecule has 0 spiro atoms. The minimum Gasteiger partial charge on any atom is -0.380 e. The number of ether oxygens (including phenoxy) is 1. The Balaban J connectivity index is 2.40. The highest BCUT2D eigenvalue weighted by Gasteiger charge is 2.17. The van der Waals surface area contributed by atoms with Gasteiger partial charge in [0.05, 0.1) is 17.7 Å². The van der Waals surface area contributed by atoms with Gasteiger partial charge in [0.1, 0.15) is 0 Å². The monoisotopic (exact) mass is 230 g/mol. The maximum Gasteiger partial charge on any atom is 0.0738 e. The van der Waals surface area contributed by atoms with Gasteiger partial charge in [0.2, 0.25) is 0 Å². The average molecular weight is 230 g/mol. The van der Waals surface area contributed by atoms with Crippen LogP contribution in [-0.2, 0) is 4.74 Å². The van der Waals surface area contributed by atoms with E-state index in [0.717, 1.165) is 16.5 Å². The van der Waals surface area contributed by atoms with Crippen LogP contribution in [0, 0.1) is 0 Å². The maximum atomic E-state index is 5.38. The molecular formula is C14H18N2O. The molecule has 2 atom stereocenters. The van der Waals surface area contributed by atoms with Crippen LogP contribution in [0.15, 0.2) is 36.5 Å². The van der Waals surface area contributed by atoms with Crippen molar-refractivity contribution in [1.82, 2.24) is 10.3 Å². The first-order valence-corrected chi connectivity index (χ1v) is 5.81. The lowest BCUT2D eigenvalue weighted by atomic mass is 10.0. The lowest BCUT2D eigenvalue weighted by Crippen LogP contribution is -2.28. The highest BCUT2D eigenvalue weighted by molar-refractivity contribution is 5.78. The normalized spacial score (nSPS) is 14.8. The van der Waals surface area contributed by atoms with E-state index in [4.69, 9.17) is 4.74 Å². The molecule has 0 aliphatic heterocycles. The summed E-state index contributed by atoms with van der Waals surface area (Å²) in [4.78, 5) is 4.47. The molecule has 0 bridgehead atoms. The van der Waals surface area contributed by atoms with Crippen LogP contribution in [0.25, 0.3) is 10.9 Å². The van der Waals surface area contributed by atoms with Crippen LogP contribution in [-0.4, -0.2) is 25.2 Å². The SMILES string of the molecule is CNC(c1cnc2ccccc2c1)C(C)OC.